The van der Waals surface area contributed by atoms with Gasteiger partial charge >= 0.3 is 0 Å². The lowest BCUT2D eigenvalue weighted by molar-refractivity contribution is 0.0913. The van der Waals surface area contributed by atoms with Crippen LogP contribution in [-0.2, 0) is 0 Å². The van der Waals surface area contributed by atoms with E-state index in [-0.39, 0.29) is 17.9 Å². The van der Waals surface area contributed by atoms with Crippen molar-refractivity contribution in [2.24, 2.45) is 0 Å². The van der Waals surface area contributed by atoms with Crippen LogP contribution in [0.4, 0.5) is 0 Å². The van der Waals surface area contributed by atoms with Crippen molar-refractivity contribution in [1.29, 1.82) is 0 Å². The summed E-state index contributed by atoms with van der Waals surface area (Å²) < 4.78 is 5.04. The molecule has 0 heterocycles. The largest absolute Gasteiger partial charge is 0.507 e. The van der Waals surface area contributed by atoms with Crippen LogP contribution in [0.1, 0.15) is 22.0 Å². The minimum Gasteiger partial charge on any atom is -0.507 e. The SMILES string of the molecule is COc1ccc(O)c(C(=O)N[C@@H](CO)c2ccccc2)c1. The minimum atomic E-state index is -0.538. The normalized spacial score (nSPS) is 11.7. The number of benzene rings is 2. The van der Waals surface area contributed by atoms with Gasteiger partial charge in [0.05, 0.1) is 25.3 Å². The molecule has 0 saturated heterocycles. The number of carbonyl (C=O) groups excluding carboxylic acids is 1. The first-order chi connectivity index (χ1) is 10.2. The molecule has 0 aliphatic carbocycles. The third-order valence-electron chi connectivity index (χ3n) is 3.14. The predicted octanol–water partition coefficient (Wildman–Crippen LogP) is 1.86. The van der Waals surface area contributed by atoms with E-state index in [1.807, 2.05) is 30.3 Å². The molecule has 2 aromatic carbocycles. The van der Waals surface area contributed by atoms with Gasteiger partial charge in [0, 0.05) is 0 Å². The number of aliphatic hydroxyl groups is 1. The van der Waals surface area contributed by atoms with Gasteiger partial charge in [-0.2, -0.15) is 0 Å². The number of aliphatic hydroxyl groups excluding tert-OH is 1. The van der Waals surface area contributed by atoms with E-state index in [4.69, 9.17) is 4.74 Å². The first-order valence-electron chi connectivity index (χ1n) is 6.49. The first kappa shape index (κ1) is 14.9. The lowest BCUT2D eigenvalue weighted by Gasteiger charge is -2.17. The van der Waals surface area contributed by atoms with E-state index < -0.39 is 11.9 Å². The van der Waals surface area contributed by atoms with Gasteiger partial charge in [-0.1, -0.05) is 30.3 Å². The van der Waals surface area contributed by atoms with Crippen LogP contribution < -0.4 is 10.1 Å². The molecule has 0 aromatic heterocycles. The molecule has 21 heavy (non-hydrogen) atoms. The van der Waals surface area contributed by atoms with Gasteiger partial charge < -0.3 is 20.3 Å². The Morgan fingerprint density at radius 1 is 1.24 bits per heavy atom. The molecule has 0 unspecified atom stereocenters. The number of hydrogen-bond donors (Lipinski definition) is 3. The van der Waals surface area contributed by atoms with Crippen molar-refractivity contribution in [2.45, 2.75) is 6.04 Å². The zero-order valence-electron chi connectivity index (χ0n) is 11.6. The zero-order chi connectivity index (χ0) is 15.2. The molecule has 0 spiro atoms. The maximum absolute atomic E-state index is 12.2. The number of carbonyl (C=O) groups is 1. The second-order valence-corrected chi connectivity index (χ2v) is 4.50. The fourth-order valence-electron chi connectivity index (χ4n) is 1.98. The van der Waals surface area contributed by atoms with Crippen LogP contribution in [0.25, 0.3) is 0 Å². The quantitative estimate of drug-likeness (QED) is 0.784. The predicted molar refractivity (Wildman–Crippen MR) is 78.4 cm³/mol. The summed E-state index contributed by atoms with van der Waals surface area (Å²) in [7, 11) is 1.48. The van der Waals surface area contributed by atoms with E-state index >= 15 is 0 Å². The van der Waals surface area contributed by atoms with Gasteiger partial charge in [0.2, 0.25) is 0 Å². The highest BCUT2D eigenvalue weighted by Gasteiger charge is 2.17. The van der Waals surface area contributed by atoms with Crippen LogP contribution in [0.5, 0.6) is 11.5 Å². The lowest BCUT2D eigenvalue weighted by Crippen LogP contribution is -2.30. The van der Waals surface area contributed by atoms with Crippen LogP contribution in [0, 0.1) is 0 Å². The summed E-state index contributed by atoms with van der Waals surface area (Å²) in [4.78, 5) is 12.2. The summed E-state index contributed by atoms with van der Waals surface area (Å²) in [6.45, 7) is -0.236. The molecule has 3 N–H and O–H groups in total. The number of aromatic hydroxyl groups is 1. The second kappa shape index (κ2) is 6.76. The van der Waals surface area contributed by atoms with Crippen molar-refractivity contribution in [1.82, 2.24) is 5.32 Å². The van der Waals surface area contributed by atoms with Gasteiger partial charge in [0.25, 0.3) is 5.91 Å². The monoisotopic (exact) mass is 287 g/mol. The third-order valence-corrected chi connectivity index (χ3v) is 3.14. The maximum Gasteiger partial charge on any atom is 0.255 e. The Labute approximate surface area is 122 Å². The number of amides is 1. The summed E-state index contributed by atoms with van der Waals surface area (Å²) in [5.41, 5.74) is 0.888. The van der Waals surface area contributed by atoms with Crippen molar-refractivity contribution < 1.29 is 19.7 Å². The molecule has 5 heteroatoms. The summed E-state index contributed by atoms with van der Waals surface area (Å²) in [5.74, 6) is -0.148. The van der Waals surface area contributed by atoms with Gasteiger partial charge in [0.15, 0.2) is 0 Å². The van der Waals surface area contributed by atoms with Gasteiger partial charge in [0.1, 0.15) is 11.5 Å². The van der Waals surface area contributed by atoms with Gasteiger partial charge in [-0.25, -0.2) is 0 Å². The average molecular weight is 287 g/mol. The number of nitrogens with one attached hydrogen (secondary N) is 1. The van der Waals surface area contributed by atoms with E-state index in [1.165, 1.54) is 19.2 Å². The summed E-state index contributed by atoms with van der Waals surface area (Å²) >= 11 is 0. The maximum atomic E-state index is 12.2. The Balaban J connectivity index is 2.20. The molecule has 0 saturated carbocycles. The molecule has 110 valence electrons. The average Bonchev–Trinajstić information content (AvgIpc) is 2.53. The number of phenols is 1. The Bertz CT molecular complexity index is 613. The molecular formula is C16H17NO4. The molecule has 5 nitrogen and oxygen atoms in total. The summed E-state index contributed by atoms with van der Waals surface area (Å²) in [6, 6.07) is 13.0. The summed E-state index contributed by atoms with van der Waals surface area (Å²) in [5, 5.41) is 21.9. The Morgan fingerprint density at radius 2 is 1.95 bits per heavy atom. The standard InChI is InChI=1S/C16H17NO4/c1-21-12-7-8-15(19)13(9-12)16(20)17-14(10-18)11-5-3-2-4-6-11/h2-9,14,18-19H,10H2,1H3,(H,17,20)/t14-/m0/s1. The van der Waals surface area contributed by atoms with E-state index in [9.17, 15) is 15.0 Å². The molecule has 0 aliphatic rings. The number of phenolic OH excluding ortho intramolecular Hbond substituents is 1. The molecule has 0 bridgehead atoms. The summed E-state index contributed by atoms with van der Waals surface area (Å²) in [6.07, 6.45) is 0. The van der Waals surface area contributed by atoms with E-state index in [1.54, 1.807) is 6.07 Å². The Kier molecular flexibility index (Phi) is 4.79. The fourth-order valence-corrected chi connectivity index (χ4v) is 1.98. The molecule has 0 aliphatic heterocycles. The van der Waals surface area contributed by atoms with E-state index in [2.05, 4.69) is 5.32 Å². The molecule has 2 aromatic rings. The highest BCUT2D eigenvalue weighted by atomic mass is 16.5. The molecule has 0 fully saturated rings. The van der Waals surface area contributed by atoms with Crippen LogP contribution in [0.3, 0.4) is 0 Å². The first-order valence-corrected chi connectivity index (χ1v) is 6.49. The van der Waals surface area contributed by atoms with Crippen LogP contribution in [-0.4, -0.2) is 29.8 Å². The molecule has 1 amide bonds. The number of rotatable bonds is 5. The van der Waals surface area contributed by atoms with Crippen LogP contribution >= 0.6 is 0 Å². The number of methoxy groups -OCH3 is 1. The number of hydrogen-bond acceptors (Lipinski definition) is 4. The molecule has 1 atom stereocenters. The van der Waals surface area contributed by atoms with E-state index in [0.717, 1.165) is 5.56 Å². The third kappa shape index (κ3) is 3.52. The Morgan fingerprint density at radius 3 is 2.57 bits per heavy atom. The van der Waals surface area contributed by atoms with Crippen LogP contribution in [0.15, 0.2) is 48.5 Å². The number of ether oxygens (including phenoxy) is 1. The van der Waals surface area contributed by atoms with Crippen LogP contribution in [0.2, 0.25) is 0 Å². The molecule has 0 radical (unpaired) electrons. The van der Waals surface area contributed by atoms with Crippen molar-refractivity contribution in [3.05, 3.63) is 59.7 Å². The van der Waals surface area contributed by atoms with Gasteiger partial charge in [-0.3, -0.25) is 4.79 Å². The van der Waals surface area contributed by atoms with Gasteiger partial charge in [-0.15, -0.1) is 0 Å². The Hall–Kier alpha value is -2.53. The topological polar surface area (TPSA) is 78.8 Å². The molecular weight excluding hydrogens is 270 g/mol. The molecule has 2 rings (SSSR count). The second-order valence-electron chi connectivity index (χ2n) is 4.50. The zero-order valence-corrected chi connectivity index (χ0v) is 11.6. The fraction of sp³-hybridized carbons (Fsp3) is 0.188. The highest BCUT2D eigenvalue weighted by molar-refractivity contribution is 5.97. The lowest BCUT2D eigenvalue weighted by atomic mass is 10.1. The highest BCUT2D eigenvalue weighted by Crippen LogP contribution is 2.23. The van der Waals surface area contributed by atoms with Crippen molar-refractivity contribution in [3.8, 4) is 11.5 Å². The minimum absolute atomic E-state index is 0.101. The van der Waals surface area contributed by atoms with Crippen molar-refractivity contribution in [3.63, 3.8) is 0 Å². The smallest absolute Gasteiger partial charge is 0.255 e. The van der Waals surface area contributed by atoms with Crippen molar-refractivity contribution in [2.75, 3.05) is 13.7 Å². The van der Waals surface area contributed by atoms with E-state index in [0.29, 0.717) is 5.75 Å². The van der Waals surface area contributed by atoms with Crippen molar-refractivity contribution >= 4 is 5.91 Å². The van der Waals surface area contributed by atoms with Gasteiger partial charge in [-0.05, 0) is 23.8 Å².